The van der Waals surface area contributed by atoms with E-state index in [1.165, 1.54) is 36.4 Å². The predicted molar refractivity (Wildman–Crippen MR) is 160 cm³/mol. The molecule has 2 heterocycles. The van der Waals surface area contributed by atoms with E-state index in [9.17, 15) is 31.1 Å². The summed E-state index contributed by atoms with van der Waals surface area (Å²) in [5.74, 6) is -0.468. The van der Waals surface area contributed by atoms with Crippen LogP contribution in [0.2, 0.25) is 0 Å². The second-order valence-electron chi connectivity index (χ2n) is 11.6. The van der Waals surface area contributed by atoms with E-state index in [0.717, 1.165) is 37.1 Å². The minimum absolute atomic E-state index is 0. The smallest absolute Gasteiger partial charge is 0.444 e. The molecule has 46 heavy (non-hydrogen) atoms. The lowest BCUT2D eigenvalue weighted by molar-refractivity contribution is -0.275. The third-order valence-corrected chi connectivity index (χ3v) is 6.67. The maximum atomic E-state index is 12.1. The van der Waals surface area contributed by atoms with Crippen molar-refractivity contribution in [3.8, 4) is 11.5 Å². The Labute approximate surface area is 271 Å². The van der Waals surface area contributed by atoms with Gasteiger partial charge < -0.3 is 33.9 Å². The van der Waals surface area contributed by atoms with Crippen LogP contribution in [0.5, 0.6) is 11.5 Å². The van der Waals surface area contributed by atoms with Gasteiger partial charge in [0.25, 0.3) is 0 Å². The number of nitrogens with zero attached hydrogens (tertiary/aromatic N) is 1. The summed E-state index contributed by atoms with van der Waals surface area (Å²) in [6.07, 6.45) is -6.12. The van der Waals surface area contributed by atoms with Crippen LogP contribution in [0.3, 0.4) is 0 Å². The zero-order valence-electron chi connectivity index (χ0n) is 25.9. The van der Waals surface area contributed by atoms with Crippen molar-refractivity contribution in [2.75, 3.05) is 26.2 Å². The predicted octanol–water partition coefficient (Wildman–Crippen LogP) is 7.78. The molecule has 0 bridgehead atoms. The van der Waals surface area contributed by atoms with Gasteiger partial charge in [-0.05, 0) is 94.9 Å². The third-order valence-electron chi connectivity index (χ3n) is 6.67. The number of alkyl halides is 6. The van der Waals surface area contributed by atoms with Gasteiger partial charge in [-0.2, -0.15) is 0 Å². The van der Waals surface area contributed by atoms with Gasteiger partial charge in [-0.3, -0.25) is 0 Å². The summed E-state index contributed by atoms with van der Waals surface area (Å²) in [6.45, 7) is 9.19. The fourth-order valence-corrected chi connectivity index (χ4v) is 4.50. The second kappa shape index (κ2) is 17.8. The van der Waals surface area contributed by atoms with Crippen LogP contribution in [0.4, 0.5) is 31.1 Å². The molecular formula is C31H41ClF6N2O6. The summed E-state index contributed by atoms with van der Waals surface area (Å²) in [5.41, 5.74) is 1.08. The van der Waals surface area contributed by atoms with E-state index >= 15 is 0 Å². The minimum atomic E-state index is -4.69. The van der Waals surface area contributed by atoms with E-state index in [0.29, 0.717) is 39.1 Å². The van der Waals surface area contributed by atoms with Crippen LogP contribution in [0.25, 0.3) is 0 Å². The number of likely N-dealkylation sites (tertiary alicyclic amines) is 1. The van der Waals surface area contributed by atoms with Crippen LogP contribution in [0.15, 0.2) is 48.5 Å². The molecule has 0 aromatic heterocycles. The highest BCUT2D eigenvalue weighted by molar-refractivity contribution is 5.85. The summed E-state index contributed by atoms with van der Waals surface area (Å²) in [6, 6.07) is 11.4. The first-order valence-electron chi connectivity index (χ1n) is 14.7. The molecule has 1 N–H and O–H groups in total. The van der Waals surface area contributed by atoms with Crippen LogP contribution in [-0.2, 0) is 27.4 Å². The molecule has 2 fully saturated rings. The first kappa shape index (κ1) is 39.2. The lowest BCUT2D eigenvalue weighted by Gasteiger charge is -2.33. The standard InChI is InChI=1S/C18H24F3NO4.C13H16F3NO2.ClH/c1-17(2,3)26-16(23)22-10-8-14(9-11-22)24-12-13-4-6-15(7-5-13)25-18(19,20)21;14-13(15,16)19-12-3-1-10(2-4-12)9-18-11-5-7-17-8-6-11;/h4-7,14H,8-12H2,1-3H3;1-4,11,17H,5-9H2;1H. The molecule has 2 aromatic carbocycles. The normalized spacial score (nSPS) is 16.5. The van der Waals surface area contributed by atoms with Crippen LogP contribution < -0.4 is 14.8 Å². The molecule has 8 nitrogen and oxygen atoms in total. The van der Waals surface area contributed by atoms with E-state index in [2.05, 4.69) is 14.8 Å². The summed E-state index contributed by atoms with van der Waals surface area (Å²) in [7, 11) is 0. The average Bonchev–Trinajstić information content (AvgIpc) is 2.95. The van der Waals surface area contributed by atoms with E-state index in [-0.39, 0.29) is 42.2 Å². The highest BCUT2D eigenvalue weighted by Crippen LogP contribution is 2.25. The lowest BCUT2D eigenvalue weighted by Crippen LogP contribution is -2.43. The number of carbonyl (C=O) groups excluding carboxylic acids is 1. The Morgan fingerprint density at radius 3 is 1.48 bits per heavy atom. The second-order valence-corrected chi connectivity index (χ2v) is 11.6. The van der Waals surface area contributed by atoms with E-state index < -0.39 is 18.3 Å². The largest absolute Gasteiger partial charge is 0.573 e. The molecule has 0 atom stereocenters. The molecule has 4 rings (SSSR count). The zero-order valence-corrected chi connectivity index (χ0v) is 26.7. The quantitative estimate of drug-likeness (QED) is 0.284. The molecule has 0 spiro atoms. The van der Waals surface area contributed by atoms with Crippen LogP contribution in [0, 0.1) is 0 Å². The van der Waals surface area contributed by atoms with Crippen molar-refractivity contribution >= 4 is 18.5 Å². The number of amides is 1. The van der Waals surface area contributed by atoms with Crippen molar-refractivity contribution in [3.05, 3.63) is 59.7 Å². The molecule has 0 aliphatic carbocycles. The summed E-state index contributed by atoms with van der Waals surface area (Å²) in [4.78, 5) is 13.7. The van der Waals surface area contributed by atoms with Gasteiger partial charge >= 0.3 is 18.8 Å². The van der Waals surface area contributed by atoms with Gasteiger partial charge in [0.2, 0.25) is 0 Å². The van der Waals surface area contributed by atoms with Gasteiger partial charge in [0, 0.05) is 13.1 Å². The number of piperidine rings is 2. The summed E-state index contributed by atoms with van der Waals surface area (Å²) >= 11 is 0. The Morgan fingerprint density at radius 2 is 1.11 bits per heavy atom. The Bertz CT molecular complexity index is 1160. The number of ether oxygens (including phenoxy) is 5. The molecule has 2 aliphatic rings. The van der Waals surface area contributed by atoms with Gasteiger partial charge in [-0.1, -0.05) is 24.3 Å². The maximum Gasteiger partial charge on any atom is 0.573 e. The molecule has 0 unspecified atom stereocenters. The number of carbonyl (C=O) groups is 1. The number of halogens is 7. The van der Waals surface area contributed by atoms with Crippen molar-refractivity contribution < 1.29 is 54.8 Å². The van der Waals surface area contributed by atoms with Crippen molar-refractivity contribution in [2.45, 2.75) is 90.2 Å². The molecule has 1 amide bonds. The van der Waals surface area contributed by atoms with Crippen molar-refractivity contribution in [1.82, 2.24) is 10.2 Å². The Hall–Kier alpha value is -2.94. The monoisotopic (exact) mass is 686 g/mol. The number of benzene rings is 2. The Balaban J connectivity index is 0.000000328. The number of hydrogen-bond donors (Lipinski definition) is 1. The van der Waals surface area contributed by atoms with Crippen LogP contribution in [-0.4, -0.2) is 67.7 Å². The molecule has 260 valence electrons. The molecule has 2 aliphatic heterocycles. The number of nitrogens with one attached hydrogen (secondary N) is 1. The number of rotatable bonds is 8. The minimum Gasteiger partial charge on any atom is -0.444 e. The number of hydrogen-bond acceptors (Lipinski definition) is 7. The summed E-state index contributed by atoms with van der Waals surface area (Å²) < 4.78 is 96.8. The SMILES string of the molecule is CC(C)(C)OC(=O)N1CCC(OCc2ccc(OC(F)(F)F)cc2)CC1.Cl.FC(F)(F)Oc1ccc(COC2CCNCC2)cc1. The Kier molecular flexibility index (Phi) is 15.2. The Morgan fingerprint density at radius 1 is 0.717 bits per heavy atom. The first-order valence-corrected chi connectivity index (χ1v) is 14.7. The lowest BCUT2D eigenvalue weighted by atomic mass is 10.1. The molecule has 0 radical (unpaired) electrons. The van der Waals surface area contributed by atoms with Gasteiger partial charge in [0.15, 0.2) is 0 Å². The molecule has 0 saturated carbocycles. The van der Waals surface area contributed by atoms with Gasteiger partial charge in [-0.15, -0.1) is 38.7 Å². The van der Waals surface area contributed by atoms with E-state index in [1.54, 1.807) is 17.0 Å². The topological polar surface area (TPSA) is 78.5 Å². The zero-order chi connectivity index (χ0) is 33.1. The van der Waals surface area contributed by atoms with Gasteiger partial charge in [0.05, 0.1) is 25.4 Å². The van der Waals surface area contributed by atoms with Crippen LogP contribution in [0.1, 0.15) is 57.6 Å². The van der Waals surface area contributed by atoms with Crippen LogP contribution >= 0.6 is 12.4 Å². The highest BCUT2D eigenvalue weighted by atomic mass is 35.5. The maximum absolute atomic E-state index is 12.1. The fraction of sp³-hybridized carbons (Fsp3) is 0.581. The first-order chi connectivity index (χ1) is 21.0. The van der Waals surface area contributed by atoms with Gasteiger partial charge in [0.1, 0.15) is 17.1 Å². The van der Waals surface area contributed by atoms with Crippen molar-refractivity contribution in [1.29, 1.82) is 0 Å². The summed E-state index contributed by atoms with van der Waals surface area (Å²) in [5, 5.41) is 3.24. The van der Waals surface area contributed by atoms with Crippen molar-refractivity contribution in [2.24, 2.45) is 0 Å². The molecule has 2 saturated heterocycles. The van der Waals surface area contributed by atoms with E-state index in [4.69, 9.17) is 14.2 Å². The molecule has 2 aromatic rings. The third kappa shape index (κ3) is 16.1. The average molecular weight is 687 g/mol. The molecule has 15 heteroatoms. The van der Waals surface area contributed by atoms with Crippen molar-refractivity contribution in [3.63, 3.8) is 0 Å². The fourth-order valence-electron chi connectivity index (χ4n) is 4.50. The highest BCUT2D eigenvalue weighted by Gasteiger charge is 2.32. The van der Waals surface area contributed by atoms with E-state index in [1.807, 2.05) is 20.8 Å². The molecular weight excluding hydrogens is 646 g/mol. The van der Waals surface area contributed by atoms with Gasteiger partial charge in [-0.25, -0.2) is 4.79 Å².